The first kappa shape index (κ1) is 19.9. The van der Waals surface area contributed by atoms with Crippen molar-refractivity contribution in [3.63, 3.8) is 0 Å². The van der Waals surface area contributed by atoms with E-state index in [0.717, 1.165) is 31.2 Å². The molecule has 2 amide bonds. The van der Waals surface area contributed by atoms with E-state index in [0.29, 0.717) is 18.3 Å². The number of likely N-dealkylation sites (tertiary alicyclic amines) is 1. The smallest absolute Gasteiger partial charge is 0.255 e. The van der Waals surface area contributed by atoms with Crippen molar-refractivity contribution >= 4 is 23.6 Å². The van der Waals surface area contributed by atoms with E-state index < -0.39 is 24.0 Å². The lowest BCUT2D eigenvalue weighted by Crippen LogP contribution is -2.50. The van der Waals surface area contributed by atoms with Crippen molar-refractivity contribution in [2.45, 2.75) is 49.2 Å². The molecule has 146 valence electrons. The van der Waals surface area contributed by atoms with Gasteiger partial charge in [0, 0.05) is 18.3 Å². The molecular formula is C20H26N2O4S. The molecule has 2 heterocycles. The molecule has 0 radical (unpaired) electrons. The van der Waals surface area contributed by atoms with Crippen LogP contribution < -0.4 is 5.32 Å². The normalized spacial score (nSPS) is 24.0. The number of allylic oxidation sites excluding steroid dienone is 1. The summed E-state index contributed by atoms with van der Waals surface area (Å²) < 4.78 is 0. The minimum absolute atomic E-state index is 0.129. The molecule has 4 atom stereocenters. The Hall–Kier alpha value is -1.83. The predicted octanol–water partition coefficient (Wildman–Crippen LogP) is 1.60. The Labute approximate surface area is 163 Å². The zero-order valence-corrected chi connectivity index (χ0v) is 16.0. The maximum atomic E-state index is 12.7. The second kappa shape index (κ2) is 9.39. The van der Waals surface area contributed by atoms with Crippen LogP contribution in [0.25, 0.3) is 0 Å². The first-order valence-electron chi connectivity index (χ1n) is 9.37. The monoisotopic (exact) mass is 390 g/mol. The Morgan fingerprint density at radius 3 is 2.70 bits per heavy atom. The van der Waals surface area contributed by atoms with Crippen LogP contribution in [0.15, 0.2) is 41.8 Å². The molecule has 27 heavy (non-hydrogen) atoms. The Morgan fingerprint density at radius 1 is 1.22 bits per heavy atom. The van der Waals surface area contributed by atoms with Gasteiger partial charge in [-0.05, 0) is 36.7 Å². The number of amides is 2. The summed E-state index contributed by atoms with van der Waals surface area (Å²) >= 11 is 1.72. The molecule has 2 aliphatic rings. The summed E-state index contributed by atoms with van der Waals surface area (Å²) in [6.45, 7) is 0.919. The van der Waals surface area contributed by atoms with E-state index in [1.807, 2.05) is 35.7 Å². The summed E-state index contributed by atoms with van der Waals surface area (Å²) in [5.41, 5.74) is 0.997. The van der Waals surface area contributed by atoms with Crippen LogP contribution >= 0.6 is 11.8 Å². The number of aliphatic hydroxyl groups excluding tert-OH is 2. The summed E-state index contributed by atoms with van der Waals surface area (Å²) in [6, 6.07) is 9.49. The average molecular weight is 391 g/mol. The zero-order valence-electron chi connectivity index (χ0n) is 15.2. The van der Waals surface area contributed by atoms with E-state index in [9.17, 15) is 19.8 Å². The van der Waals surface area contributed by atoms with Crippen LogP contribution in [-0.2, 0) is 9.59 Å². The fraction of sp³-hybridized carbons (Fsp3) is 0.500. The van der Waals surface area contributed by atoms with Gasteiger partial charge in [-0.15, -0.1) is 11.8 Å². The van der Waals surface area contributed by atoms with Gasteiger partial charge < -0.3 is 20.4 Å². The van der Waals surface area contributed by atoms with Crippen LogP contribution in [-0.4, -0.2) is 57.5 Å². The van der Waals surface area contributed by atoms with Gasteiger partial charge in [0.05, 0.1) is 6.04 Å². The van der Waals surface area contributed by atoms with E-state index >= 15 is 0 Å². The SMILES string of the molecule is O=C(NCCC1CC=CS1)[C@H](O)[C@@H](O)C(=O)N1CCC[C@H]1c1ccccc1. The lowest BCUT2D eigenvalue weighted by Gasteiger charge is -2.28. The number of rotatable bonds is 7. The van der Waals surface area contributed by atoms with Crippen LogP contribution in [0.1, 0.15) is 37.3 Å². The first-order chi connectivity index (χ1) is 13.1. The van der Waals surface area contributed by atoms with Crippen molar-refractivity contribution in [3.05, 3.63) is 47.4 Å². The number of benzene rings is 1. The van der Waals surface area contributed by atoms with Crippen molar-refractivity contribution in [3.8, 4) is 0 Å². The van der Waals surface area contributed by atoms with E-state index in [1.165, 1.54) is 0 Å². The molecule has 1 unspecified atom stereocenters. The van der Waals surface area contributed by atoms with Crippen molar-refractivity contribution in [1.82, 2.24) is 10.2 Å². The van der Waals surface area contributed by atoms with E-state index in [1.54, 1.807) is 16.7 Å². The summed E-state index contributed by atoms with van der Waals surface area (Å²) in [6.07, 6.45) is 1.96. The lowest BCUT2D eigenvalue weighted by atomic mass is 10.0. The standard InChI is InChI=1S/C20H26N2O4S/c23-17(19(25)21-11-10-15-8-5-13-27-15)18(24)20(26)22-12-4-9-16(22)14-6-2-1-3-7-14/h1-3,5-7,13,15-18,23-24H,4,8-12H2,(H,21,25)/t15?,16-,17+,18+/m0/s1. The minimum Gasteiger partial charge on any atom is -0.380 e. The average Bonchev–Trinajstić information content (AvgIpc) is 3.38. The summed E-state index contributed by atoms with van der Waals surface area (Å²) in [5.74, 6) is -1.30. The molecule has 0 spiro atoms. The van der Waals surface area contributed by atoms with Crippen molar-refractivity contribution in [1.29, 1.82) is 0 Å². The molecule has 1 aromatic carbocycles. The first-order valence-corrected chi connectivity index (χ1v) is 10.3. The van der Waals surface area contributed by atoms with Crippen molar-refractivity contribution < 1.29 is 19.8 Å². The highest BCUT2D eigenvalue weighted by atomic mass is 32.2. The molecule has 3 rings (SSSR count). The van der Waals surface area contributed by atoms with Gasteiger partial charge in [0.1, 0.15) is 0 Å². The van der Waals surface area contributed by atoms with Gasteiger partial charge >= 0.3 is 0 Å². The van der Waals surface area contributed by atoms with Gasteiger partial charge in [0.2, 0.25) is 0 Å². The maximum Gasteiger partial charge on any atom is 0.255 e. The molecule has 3 N–H and O–H groups in total. The van der Waals surface area contributed by atoms with E-state index in [4.69, 9.17) is 0 Å². The minimum atomic E-state index is -1.76. The summed E-state index contributed by atoms with van der Waals surface area (Å²) in [5, 5.41) is 25.5. The highest BCUT2D eigenvalue weighted by molar-refractivity contribution is 8.03. The number of thioether (sulfide) groups is 1. The Kier molecular flexibility index (Phi) is 6.93. The van der Waals surface area contributed by atoms with Gasteiger partial charge in [0.25, 0.3) is 11.8 Å². The number of hydrogen-bond acceptors (Lipinski definition) is 5. The Bertz CT molecular complexity index is 674. The van der Waals surface area contributed by atoms with Gasteiger partial charge in [-0.25, -0.2) is 0 Å². The van der Waals surface area contributed by atoms with E-state index in [-0.39, 0.29) is 6.04 Å². The lowest BCUT2D eigenvalue weighted by molar-refractivity contribution is -0.153. The number of hydrogen-bond donors (Lipinski definition) is 3. The Morgan fingerprint density at radius 2 is 2.00 bits per heavy atom. The molecule has 1 aromatic rings. The van der Waals surface area contributed by atoms with Crippen LogP contribution in [0.5, 0.6) is 0 Å². The van der Waals surface area contributed by atoms with Gasteiger partial charge in [0.15, 0.2) is 12.2 Å². The van der Waals surface area contributed by atoms with Crippen LogP contribution in [0.4, 0.5) is 0 Å². The Balaban J connectivity index is 1.52. The molecule has 2 aliphatic heterocycles. The molecule has 0 aromatic heterocycles. The number of nitrogens with zero attached hydrogens (tertiary/aromatic N) is 1. The second-order valence-corrected chi connectivity index (χ2v) is 8.15. The number of carbonyl (C=O) groups is 2. The largest absolute Gasteiger partial charge is 0.380 e. The van der Waals surface area contributed by atoms with Crippen molar-refractivity contribution in [2.75, 3.05) is 13.1 Å². The molecule has 1 fully saturated rings. The molecule has 0 saturated carbocycles. The fourth-order valence-corrected chi connectivity index (χ4v) is 4.50. The molecule has 0 aliphatic carbocycles. The third kappa shape index (κ3) is 4.91. The third-order valence-corrected chi connectivity index (χ3v) is 6.24. The summed E-state index contributed by atoms with van der Waals surface area (Å²) in [7, 11) is 0. The number of nitrogens with one attached hydrogen (secondary N) is 1. The highest BCUT2D eigenvalue weighted by Gasteiger charge is 2.38. The molecule has 6 nitrogen and oxygen atoms in total. The van der Waals surface area contributed by atoms with Gasteiger partial charge in [-0.1, -0.05) is 36.4 Å². The number of carbonyl (C=O) groups excluding carboxylic acids is 2. The van der Waals surface area contributed by atoms with Crippen LogP contribution in [0.3, 0.4) is 0 Å². The molecule has 1 saturated heterocycles. The van der Waals surface area contributed by atoms with Crippen LogP contribution in [0, 0.1) is 0 Å². The van der Waals surface area contributed by atoms with Crippen molar-refractivity contribution in [2.24, 2.45) is 0 Å². The third-order valence-electron chi connectivity index (χ3n) is 5.07. The topological polar surface area (TPSA) is 89.9 Å². The maximum absolute atomic E-state index is 12.7. The predicted molar refractivity (Wildman–Crippen MR) is 105 cm³/mol. The van der Waals surface area contributed by atoms with Gasteiger partial charge in [-0.2, -0.15) is 0 Å². The van der Waals surface area contributed by atoms with Crippen LogP contribution in [0.2, 0.25) is 0 Å². The molecule has 0 bridgehead atoms. The quantitative estimate of drug-likeness (QED) is 0.658. The van der Waals surface area contributed by atoms with Gasteiger partial charge in [-0.3, -0.25) is 9.59 Å². The molecule has 7 heteroatoms. The summed E-state index contributed by atoms with van der Waals surface area (Å²) in [4.78, 5) is 26.4. The van der Waals surface area contributed by atoms with E-state index in [2.05, 4.69) is 11.4 Å². The highest BCUT2D eigenvalue weighted by Crippen LogP contribution is 2.32. The molecular weight excluding hydrogens is 364 g/mol. The second-order valence-electron chi connectivity index (χ2n) is 6.94. The number of aliphatic hydroxyl groups is 2. The zero-order chi connectivity index (χ0) is 19.2. The fourth-order valence-electron chi connectivity index (χ4n) is 3.58.